The number of hydrogen-bond acceptors (Lipinski definition) is 3. The highest BCUT2D eigenvalue weighted by Gasteiger charge is 2.20. The number of rotatable bonds is 61. The smallest absolute Gasteiger partial charge is 0.220 e. The van der Waals surface area contributed by atoms with Gasteiger partial charge in [-0.2, -0.15) is 0 Å². The molecule has 0 bridgehead atoms. The van der Waals surface area contributed by atoms with Gasteiger partial charge in [0.05, 0.1) is 18.8 Å². The highest BCUT2D eigenvalue weighted by molar-refractivity contribution is 5.76. The van der Waals surface area contributed by atoms with Gasteiger partial charge in [-0.25, -0.2) is 0 Å². The van der Waals surface area contributed by atoms with Gasteiger partial charge in [0.15, 0.2) is 0 Å². The number of hydrogen-bond donors (Lipinski definition) is 3. The molecular formula is C64H129NO3. The van der Waals surface area contributed by atoms with E-state index in [0.29, 0.717) is 12.8 Å². The SMILES string of the molecule is CCCCCCCCCCCCCCCCCCCCCCCCCCCCCCCCCCC(=O)NC(CO)C(O)CCCCCCCCCCCCCCCCCCCCCCCCCC. The molecule has 0 fully saturated rings. The van der Waals surface area contributed by atoms with Gasteiger partial charge in [-0.15, -0.1) is 0 Å². The Morgan fingerprint density at radius 3 is 0.662 bits per heavy atom. The van der Waals surface area contributed by atoms with Crippen LogP contribution >= 0.6 is 0 Å². The van der Waals surface area contributed by atoms with Gasteiger partial charge in [0.25, 0.3) is 0 Å². The largest absolute Gasteiger partial charge is 0.394 e. The van der Waals surface area contributed by atoms with E-state index < -0.39 is 12.1 Å². The molecule has 408 valence electrons. The zero-order valence-corrected chi connectivity index (χ0v) is 47.2. The molecule has 68 heavy (non-hydrogen) atoms. The third-order valence-corrected chi connectivity index (χ3v) is 15.6. The fourth-order valence-electron chi connectivity index (χ4n) is 10.7. The van der Waals surface area contributed by atoms with Crippen LogP contribution in [0.2, 0.25) is 0 Å². The Balaban J connectivity index is 3.36. The Bertz CT molecular complexity index is 910. The summed E-state index contributed by atoms with van der Waals surface area (Å²) >= 11 is 0. The normalized spacial score (nSPS) is 12.6. The van der Waals surface area contributed by atoms with Crippen molar-refractivity contribution < 1.29 is 15.0 Å². The highest BCUT2D eigenvalue weighted by atomic mass is 16.3. The van der Waals surface area contributed by atoms with Crippen LogP contribution < -0.4 is 5.32 Å². The summed E-state index contributed by atoms with van der Waals surface area (Å²) in [5, 5.41) is 23.4. The van der Waals surface area contributed by atoms with Crippen molar-refractivity contribution in [3.05, 3.63) is 0 Å². The molecule has 4 heteroatoms. The summed E-state index contributed by atoms with van der Waals surface area (Å²) in [6.45, 7) is 4.42. The van der Waals surface area contributed by atoms with Gasteiger partial charge in [-0.1, -0.05) is 367 Å². The standard InChI is InChI=1S/C64H129NO3/c1-3-5-7-9-11-13-15-17-19-21-23-25-27-29-30-31-32-33-34-35-36-38-40-42-44-46-48-50-52-54-56-58-60-64(68)65-62(61-66)63(67)59-57-55-53-51-49-47-45-43-41-39-37-28-26-24-22-20-18-16-14-12-10-8-6-4-2/h62-63,66-67H,3-61H2,1-2H3,(H,65,68). The number of amides is 1. The Labute approximate surface area is 429 Å². The lowest BCUT2D eigenvalue weighted by atomic mass is 10.0. The topological polar surface area (TPSA) is 69.6 Å². The van der Waals surface area contributed by atoms with Crippen LogP contribution in [0.15, 0.2) is 0 Å². The first kappa shape index (κ1) is 67.4. The lowest BCUT2D eigenvalue weighted by molar-refractivity contribution is -0.123. The molecule has 2 atom stereocenters. The minimum absolute atomic E-state index is 0.0201. The van der Waals surface area contributed by atoms with E-state index in [-0.39, 0.29) is 12.5 Å². The van der Waals surface area contributed by atoms with Gasteiger partial charge < -0.3 is 15.5 Å². The van der Waals surface area contributed by atoms with Gasteiger partial charge >= 0.3 is 0 Å². The fourth-order valence-corrected chi connectivity index (χ4v) is 10.7. The number of aliphatic hydroxyl groups is 2. The van der Waals surface area contributed by atoms with Crippen LogP contribution in [0.5, 0.6) is 0 Å². The summed E-state index contributed by atoms with van der Waals surface area (Å²) in [6, 6.07) is -0.532. The maximum atomic E-state index is 12.5. The molecule has 3 N–H and O–H groups in total. The lowest BCUT2D eigenvalue weighted by Crippen LogP contribution is -2.45. The van der Waals surface area contributed by atoms with E-state index >= 15 is 0 Å². The molecule has 0 saturated heterocycles. The van der Waals surface area contributed by atoms with Crippen LogP contribution in [-0.4, -0.2) is 34.9 Å². The lowest BCUT2D eigenvalue weighted by Gasteiger charge is -2.22. The zero-order valence-electron chi connectivity index (χ0n) is 47.2. The summed E-state index contributed by atoms with van der Waals surface area (Å²) in [4.78, 5) is 12.5. The molecule has 0 radical (unpaired) electrons. The predicted octanol–water partition coefficient (Wildman–Crippen LogP) is 21.5. The molecule has 0 aromatic heterocycles. The van der Waals surface area contributed by atoms with E-state index in [2.05, 4.69) is 19.2 Å². The third-order valence-electron chi connectivity index (χ3n) is 15.6. The number of carbonyl (C=O) groups is 1. The fraction of sp³-hybridized carbons (Fsp3) is 0.984. The number of carbonyl (C=O) groups excluding carboxylic acids is 1. The Morgan fingerprint density at radius 1 is 0.294 bits per heavy atom. The first-order chi connectivity index (χ1) is 33.7. The second-order valence-corrected chi connectivity index (χ2v) is 22.6. The second-order valence-electron chi connectivity index (χ2n) is 22.6. The zero-order chi connectivity index (χ0) is 49.2. The van der Waals surface area contributed by atoms with Crippen LogP contribution in [0.3, 0.4) is 0 Å². The third kappa shape index (κ3) is 56.3. The van der Waals surface area contributed by atoms with Crippen molar-refractivity contribution in [2.45, 2.75) is 398 Å². The summed E-state index contributed by atoms with van der Waals surface area (Å²) in [5.74, 6) is -0.0201. The average molecular weight is 961 g/mol. The predicted molar refractivity (Wildman–Crippen MR) is 304 cm³/mol. The van der Waals surface area contributed by atoms with Crippen molar-refractivity contribution in [1.29, 1.82) is 0 Å². The van der Waals surface area contributed by atoms with Gasteiger partial charge in [-0.05, 0) is 12.8 Å². The molecule has 0 spiro atoms. The van der Waals surface area contributed by atoms with E-state index in [0.717, 1.165) is 25.7 Å². The maximum Gasteiger partial charge on any atom is 0.220 e. The first-order valence-corrected chi connectivity index (χ1v) is 32.2. The van der Waals surface area contributed by atoms with E-state index in [1.54, 1.807) is 0 Å². The Kier molecular flexibility index (Phi) is 60.1. The quantitative estimate of drug-likeness (QED) is 0.0532. The van der Waals surface area contributed by atoms with Gasteiger partial charge in [0.1, 0.15) is 0 Å². The van der Waals surface area contributed by atoms with Crippen LogP contribution in [0.1, 0.15) is 386 Å². The monoisotopic (exact) mass is 960 g/mol. The van der Waals surface area contributed by atoms with Gasteiger partial charge in [-0.3, -0.25) is 4.79 Å². The minimum Gasteiger partial charge on any atom is -0.394 e. The van der Waals surface area contributed by atoms with Crippen molar-refractivity contribution in [2.24, 2.45) is 0 Å². The van der Waals surface area contributed by atoms with Crippen LogP contribution in [0, 0.1) is 0 Å². The molecule has 0 aliphatic rings. The second kappa shape index (κ2) is 60.7. The molecule has 0 aromatic carbocycles. The molecule has 4 nitrogen and oxygen atoms in total. The molecule has 0 aliphatic heterocycles. The van der Waals surface area contributed by atoms with E-state index in [1.807, 2.05) is 0 Å². The summed E-state index contributed by atoms with van der Waals surface area (Å²) in [5.41, 5.74) is 0. The molecular weight excluding hydrogens is 831 g/mol. The minimum atomic E-state index is -0.656. The average Bonchev–Trinajstić information content (AvgIpc) is 3.34. The summed E-state index contributed by atoms with van der Waals surface area (Å²) in [7, 11) is 0. The Hall–Kier alpha value is -0.610. The van der Waals surface area contributed by atoms with E-state index in [1.165, 1.54) is 334 Å². The van der Waals surface area contributed by atoms with E-state index in [9.17, 15) is 15.0 Å². The van der Waals surface area contributed by atoms with Crippen LogP contribution in [-0.2, 0) is 4.79 Å². The van der Waals surface area contributed by atoms with Crippen molar-refractivity contribution in [2.75, 3.05) is 6.61 Å². The van der Waals surface area contributed by atoms with Crippen molar-refractivity contribution in [3.8, 4) is 0 Å². The molecule has 0 saturated carbocycles. The molecule has 0 rings (SSSR count). The molecule has 0 aliphatic carbocycles. The molecule has 0 heterocycles. The highest BCUT2D eigenvalue weighted by Crippen LogP contribution is 2.19. The molecule has 1 amide bonds. The summed E-state index contributed by atoms with van der Waals surface area (Å²) in [6.07, 6.45) is 78.5. The van der Waals surface area contributed by atoms with Crippen molar-refractivity contribution >= 4 is 5.91 Å². The van der Waals surface area contributed by atoms with Crippen molar-refractivity contribution in [3.63, 3.8) is 0 Å². The van der Waals surface area contributed by atoms with Crippen LogP contribution in [0.25, 0.3) is 0 Å². The summed E-state index contributed by atoms with van der Waals surface area (Å²) < 4.78 is 0. The number of unbranched alkanes of at least 4 members (excludes halogenated alkanes) is 54. The van der Waals surface area contributed by atoms with Crippen LogP contribution in [0.4, 0.5) is 0 Å². The number of nitrogens with one attached hydrogen (secondary N) is 1. The first-order valence-electron chi connectivity index (χ1n) is 32.2. The van der Waals surface area contributed by atoms with E-state index in [4.69, 9.17) is 0 Å². The van der Waals surface area contributed by atoms with Gasteiger partial charge in [0, 0.05) is 6.42 Å². The number of aliphatic hydroxyl groups excluding tert-OH is 2. The van der Waals surface area contributed by atoms with Gasteiger partial charge in [0.2, 0.25) is 5.91 Å². The molecule has 2 unspecified atom stereocenters. The molecule has 0 aromatic rings. The maximum absolute atomic E-state index is 12.5. The Morgan fingerprint density at radius 2 is 0.471 bits per heavy atom. The van der Waals surface area contributed by atoms with Crippen molar-refractivity contribution in [1.82, 2.24) is 5.32 Å².